The lowest BCUT2D eigenvalue weighted by atomic mass is 10.2. The molecule has 0 fully saturated rings. The second-order valence-corrected chi connectivity index (χ2v) is 6.39. The van der Waals surface area contributed by atoms with Crippen LogP contribution in [-0.2, 0) is 6.42 Å². The van der Waals surface area contributed by atoms with Gasteiger partial charge in [-0.2, -0.15) is 0 Å². The van der Waals surface area contributed by atoms with Crippen LogP contribution in [0.1, 0.15) is 16.1 Å². The smallest absolute Gasteiger partial charge is 0.252 e. The summed E-state index contributed by atoms with van der Waals surface area (Å²) in [5, 5.41) is 6.41. The first kappa shape index (κ1) is 16.4. The molecule has 0 aliphatic rings. The molecule has 7 heteroatoms. The minimum atomic E-state index is -0.233. The number of aromatic amines is 1. The molecule has 0 radical (unpaired) electrons. The highest BCUT2D eigenvalue weighted by atomic mass is 35.5. The van der Waals surface area contributed by atoms with Crippen LogP contribution in [0.15, 0.2) is 52.8 Å². The van der Waals surface area contributed by atoms with E-state index in [-0.39, 0.29) is 11.5 Å². The van der Waals surface area contributed by atoms with Crippen molar-refractivity contribution >= 4 is 28.8 Å². The molecule has 1 aromatic carbocycles. The summed E-state index contributed by atoms with van der Waals surface area (Å²) in [4.78, 5) is 30.0. The quantitative estimate of drug-likeness (QED) is 0.735. The molecule has 0 saturated heterocycles. The molecular formula is C17H14ClN3O2S. The van der Waals surface area contributed by atoms with E-state index in [2.05, 4.69) is 15.3 Å². The number of rotatable bonds is 5. The number of aromatic nitrogens is 2. The highest BCUT2D eigenvalue weighted by molar-refractivity contribution is 7.13. The average molecular weight is 360 g/mol. The molecule has 3 rings (SSSR count). The molecule has 0 atom stereocenters. The van der Waals surface area contributed by atoms with Crippen LogP contribution in [0.5, 0.6) is 0 Å². The van der Waals surface area contributed by atoms with Gasteiger partial charge in [-0.25, -0.2) is 4.98 Å². The first-order chi connectivity index (χ1) is 11.6. The lowest BCUT2D eigenvalue weighted by Crippen LogP contribution is -2.26. The number of halogens is 1. The average Bonchev–Trinajstić information content (AvgIpc) is 3.05. The molecule has 0 spiro atoms. The van der Waals surface area contributed by atoms with Crippen LogP contribution < -0.4 is 10.9 Å². The largest absolute Gasteiger partial charge is 0.352 e. The zero-order valence-electron chi connectivity index (χ0n) is 12.6. The highest BCUT2D eigenvalue weighted by Gasteiger charge is 2.07. The van der Waals surface area contributed by atoms with E-state index < -0.39 is 0 Å². The Hall–Kier alpha value is -2.44. The summed E-state index contributed by atoms with van der Waals surface area (Å²) < 4.78 is 0. The first-order valence-corrected chi connectivity index (χ1v) is 8.55. The van der Waals surface area contributed by atoms with Crippen molar-refractivity contribution in [3.8, 4) is 10.6 Å². The molecule has 3 aromatic rings. The molecule has 1 amide bonds. The highest BCUT2D eigenvalue weighted by Crippen LogP contribution is 2.25. The van der Waals surface area contributed by atoms with E-state index in [9.17, 15) is 9.59 Å². The number of nitrogens with zero attached hydrogens (tertiary/aromatic N) is 1. The van der Waals surface area contributed by atoms with Gasteiger partial charge in [-0.3, -0.25) is 9.59 Å². The van der Waals surface area contributed by atoms with E-state index in [0.717, 1.165) is 16.3 Å². The molecule has 0 bridgehead atoms. The van der Waals surface area contributed by atoms with Crippen LogP contribution in [0.4, 0.5) is 0 Å². The van der Waals surface area contributed by atoms with Crippen LogP contribution in [0.3, 0.4) is 0 Å². The molecule has 0 saturated carbocycles. The summed E-state index contributed by atoms with van der Waals surface area (Å²) in [5.41, 5.74) is 2.14. The Bertz CT molecular complexity index is 882. The van der Waals surface area contributed by atoms with Gasteiger partial charge in [0.1, 0.15) is 5.01 Å². The SMILES string of the molecule is O=C(NCCc1csc(-c2ccc(Cl)cc2)n1)c1ccc(=O)[nH]c1. The fraction of sp³-hybridized carbons (Fsp3) is 0.118. The number of hydrogen-bond acceptors (Lipinski definition) is 4. The van der Waals surface area contributed by atoms with Crippen LogP contribution in [-0.4, -0.2) is 22.4 Å². The number of H-pyrrole nitrogens is 1. The van der Waals surface area contributed by atoms with Gasteiger partial charge in [0.05, 0.1) is 11.3 Å². The topological polar surface area (TPSA) is 74.8 Å². The van der Waals surface area contributed by atoms with Crippen molar-refractivity contribution in [3.05, 3.63) is 74.6 Å². The molecular weight excluding hydrogens is 346 g/mol. The standard InChI is InChI=1S/C17H14ClN3O2S/c18-13-4-1-11(2-5-13)17-21-14(10-24-17)7-8-19-16(23)12-3-6-15(22)20-9-12/h1-6,9-10H,7-8H2,(H,19,23)(H,20,22). The van der Waals surface area contributed by atoms with E-state index in [0.29, 0.717) is 23.6 Å². The molecule has 122 valence electrons. The zero-order valence-corrected chi connectivity index (χ0v) is 14.2. The van der Waals surface area contributed by atoms with Crippen LogP contribution in [0.25, 0.3) is 10.6 Å². The van der Waals surface area contributed by atoms with E-state index in [4.69, 9.17) is 11.6 Å². The molecule has 5 nitrogen and oxygen atoms in total. The lowest BCUT2D eigenvalue weighted by Gasteiger charge is -2.03. The summed E-state index contributed by atoms with van der Waals surface area (Å²) in [5.74, 6) is -0.223. The van der Waals surface area contributed by atoms with Crippen LogP contribution in [0.2, 0.25) is 5.02 Å². The molecule has 0 aliphatic heterocycles. The fourth-order valence-electron chi connectivity index (χ4n) is 2.10. The minimum Gasteiger partial charge on any atom is -0.352 e. The summed E-state index contributed by atoms with van der Waals surface area (Å²) in [6.07, 6.45) is 2.04. The number of benzene rings is 1. The molecule has 0 aliphatic carbocycles. The lowest BCUT2D eigenvalue weighted by molar-refractivity contribution is 0.0953. The van der Waals surface area contributed by atoms with Gasteiger partial charge in [-0.05, 0) is 18.2 Å². The van der Waals surface area contributed by atoms with Gasteiger partial charge in [0.2, 0.25) is 5.56 Å². The first-order valence-electron chi connectivity index (χ1n) is 7.29. The Morgan fingerprint density at radius 1 is 1.21 bits per heavy atom. The van der Waals surface area contributed by atoms with E-state index in [1.165, 1.54) is 18.3 Å². The van der Waals surface area contributed by atoms with Crippen molar-refractivity contribution in [2.45, 2.75) is 6.42 Å². The Morgan fingerprint density at radius 2 is 2.00 bits per heavy atom. The van der Waals surface area contributed by atoms with E-state index in [1.807, 2.05) is 29.6 Å². The number of pyridine rings is 1. The summed E-state index contributed by atoms with van der Waals surface area (Å²) >= 11 is 7.44. The van der Waals surface area contributed by atoms with E-state index in [1.54, 1.807) is 11.3 Å². The zero-order chi connectivity index (χ0) is 16.9. The van der Waals surface area contributed by atoms with Crippen molar-refractivity contribution in [3.63, 3.8) is 0 Å². The number of nitrogens with one attached hydrogen (secondary N) is 2. The third kappa shape index (κ3) is 4.10. The van der Waals surface area contributed by atoms with Crippen LogP contribution >= 0.6 is 22.9 Å². The normalized spacial score (nSPS) is 10.5. The van der Waals surface area contributed by atoms with Crippen molar-refractivity contribution in [2.24, 2.45) is 0 Å². The van der Waals surface area contributed by atoms with Gasteiger partial charge in [-0.1, -0.05) is 23.7 Å². The third-order valence-corrected chi connectivity index (χ3v) is 4.55. The van der Waals surface area contributed by atoms with Gasteiger partial charge in [-0.15, -0.1) is 11.3 Å². The fourth-order valence-corrected chi connectivity index (χ4v) is 3.09. The third-order valence-electron chi connectivity index (χ3n) is 3.36. The van der Waals surface area contributed by atoms with Gasteiger partial charge in [0, 0.05) is 41.2 Å². The molecule has 24 heavy (non-hydrogen) atoms. The molecule has 2 N–H and O–H groups in total. The maximum Gasteiger partial charge on any atom is 0.252 e. The molecule has 0 unspecified atom stereocenters. The van der Waals surface area contributed by atoms with Gasteiger partial charge < -0.3 is 10.3 Å². The number of carbonyl (C=O) groups is 1. The number of hydrogen-bond donors (Lipinski definition) is 2. The molecule has 2 heterocycles. The minimum absolute atomic E-state index is 0.223. The van der Waals surface area contributed by atoms with Gasteiger partial charge in [0.15, 0.2) is 0 Å². The summed E-state index contributed by atoms with van der Waals surface area (Å²) in [6, 6.07) is 10.4. The van der Waals surface area contributed by atoms with Crippen LogP contribution in [0, 0.1) is 0 Å². The Labute approximate surface area is 147 Å². The second-order valence-electron chi connectivity index (χ2n) is 5.10. The maximum atomic E-state index is 11.9. The van der Waals surface area contributed by atoms with Crippen molar-refractivity contribution in [1.29, 1.82) is 0 Å². The van der Waals surface area contributed by atoms with Crippen molar-refractivity contribution < 1.29 is 4.79 Å². The number of carbonyl (C=O) groups excluding carboxylic acids is 1. The van der Waals surface area contributed by atoms with E-state index >= 15 is 0 Å². The van der Waals surface area contributed by atoms with Gasteiger partial charge >= 0.3 is 0 Å². The Morgan fingerprint density at radius 3 is 2.71 bits per heavy atom. The second kappa shape index (κ2) is 7.42. The molecule has 2 aromatic heterocycles. The Kier molecular flexibility index (Phi) is 5.08. The predicted molar refractivity (Wildman–Crippen MR) is 95.7 cm³/mol. The van der Waals surface area contributed by atoms with Gasteiger partial charge in [0.25, 0.3) is 5.91 Å². The monoisotopic (exact) mass is 359 g/mol. The van der Waals surface area contributed by atoms with Crippen molar-refractivity contribution in [1.82, 2.24) is 15.3 Å². The maximum absolute atomic E-state index is 11.9. The van der Waals surface area contributed by atoms with Crippen molar-refractivity contribution in [2.75, 3.05) is 6.54 Å². The summed E-state index contributed by atoms with van der Waals surface area (Å²) in [7, 11) is 0. The number of amides is 1. The number of thiazole rings is 1. The summed E-state index contributed by atoms with van der Waals surface area (Å²) in [6.45, 7) is 0.474. The Balaban J connectivity index is 1.55. The predicted octanol–water partition coefficient (Wildman–Crippen LogP) is 3.12.